The Morgan fingerprint density at radius 2 is 2.00 bits per heavy atom. The van der Waals surface area contributed by atoms with E-state index in [1.54, 1.807) is 0 Å². The van der Waals surface area contributed by atoms with Crippen molar-refractivity contribution < 1.29 is 13.2 Å². The Morgan fingerprint density at radius 3 is 2.52 bits per heavy atom. The van der Waals surface area contributed by atoms with Crippen molar-refractivity contribution in [2.75, 3.05) is 18.6 Å². The number of hydrogen-bond donors (Lipinski definition) is 2. The van der Waals surface area contributed by atoms with Crippen LogP contribution in [-0.4, -0.2) is 38.9 Å². The van der Waals surface area contributed by atoms with Crippen LogP contribution >= 0.6 is 28.3 Å². The van der Waals surface area contributed by atoms with Crippen LogP contribution in [0.15, 0.2) is 28.7 Å². The van der Waals surface area contributed by atoms with Crippen molar-refractivity contribution >= 4 is 44.1 Å². The molecule has 1 fully saturated rings. The van der Waals surface area contributed by atoms with Gasteiger partial charge in [-0.15, -0.1) is 12.4 Å². The van der Waals surface area contributed by atoms with E-state index in [-0.39, 0.29) is 35.9 Å². The molecule has 0 aromatic heterocycles. The Hall–Kier alpha value is -0.630. The van der Waals surface area contributed by atoms with Gasteiger partial charge in [-0.25, -0.2) is 8.42 Å². The first-order chi connectivity index (χ1) is 10.2. The third-order valence-corrected chi connectivity index (χ3v) is 5.70. The summed E-state index contributed by atoms with van der Waals surface area (Å²) in [5, 5.41) is 2.87. The van der Waals surface area contributed by atoms with E-state index in [4.69, 9.17) is 5.73 Å². The number of halogens is 2. The summed E-state index contributed by atoms with van der Waals surface area (Å²) in [5.41, 5.74) is 6.93. The van der Waals surface area contributed by atoms with E-state index < -0.39 is 15.9 Å². The third kappa shape index (κ3) is 5.74. The van der Waals surface area contributed by atoms with Crippen molar-refractivity contribution in [2.24, 2.45) is 5.73 Å². The van der Waals surface area contributed by atoms with Gasteiger partial charge in [0.15, 0.2) is 0 Å². The molecule has 1 unspecified atom stereocenters. The highest BCUT2D eigenvalue weighted by molar-refractivity contribution is 9.10. The zero-order valence-corrected chi connectivity index (χ0v) is 16.1. The van der Waals surface area contributed by atoms with Crippen molar-refractivity contribution in [3.05, 3.63) is 34.3 Å². The number of nitrogens with two attached hydrogens (primary N) is 1. The molecule has 2 rings (SSSR count). The van der Waals surface area contributed by atoms with Gasteiger partial charge in [-0.1, -0.05) is 34.1 Å². The average Bonchev–Trinajstić information content (AvgIpc) is 3.23. The lowest BCUT2D eigenvalue weighted by Crippen LogP contribution is -2.44. The maximum absolute atomic E-state index is 12.0. The molecule has 5 nitrogen and oxygen atoms in total. The first kappa shape index (κ1) is 20.4. The second-order valence-electron chi connectivity index (χ2n) is 6.00. The molecule has 1 aromatic rings. The standard InChI is InChI=1S/C15H21BrN2O3S.ClH/c1-22(20,21)9-6-13(17)14(19)18-10-15(7-8-15)11-4-2-3-5-12(11)16;/h2-5,13H,6-10,17H2,1H3,(H,18,19);1H. The molecule has 0 aliphatic heterocycles. The van der Waals surface area contributed by atoms with Gasteiger partial charge < -0.3 is 11.1 Å². The van der Waals surface area contributed by atoms with Gasteiger partial charge >= 0.3 is 0 Å². The molecule has 1 atom stereocenters. The Balaban J connectivity index is 0.00000264. The molecular formula is C15H22BrClN2O3S. The number of carbonyl (C=O) groups is 1. The van der Waals surface area contributed by atoms with Crippen molar-refractivity contribution in [1.82, 2.24) is 5.32 Å². The minimum atomic E-state index is -3.10. The molecule has 0 heterocycles. The van der Waals surface area contributed by atoms with Gasteiger partial charge in [0, 0.05) is 22.7 Å². The quantitative estimate of drug-likeness (QED) is 0.697. The van der Waals surface area contributed by atoms with E-state index in [1.165, 1.54) is 5.56 Å². The van der Waals surface area contributed by atoms with Crippen LogP contribution in [0.4, 0.5) is 0 Å². The van der Waals surface area contributed by atoms with Crippen molar-refractivity contribution in [3.8, 4) is 0 Å². The molecule has 1 aromatic carbocycles. The SMILES string of the molecule is CS(=O)(=O)CCC(N)C(=O)NCC1(c2ccccc2Br)CC1.Cl. The molecule has 130 valence electrons. The molecule has 0 spiro atoms. The molecule has 1 amide bonds. The lowest BCUT2D eigenvalue weighted by Gasteiger charge is -2.19. The molecule has 0 radical (unpaired) electrons. The number of hydrogen-bond acceptors (Lipinski definition) is 4. The lowest BCUT2D eigenvalue weighted by molar-refractivity contribution is -0.122. The van der Waals surface area contributed by atoms with E-state index in [9.17, 15) is 13.2 Å². The summed E-state index contributed by atoms with van der Waals surface area (Å²) < 4.78 is 23.3. The van der Waals surface area contributed by atoms with Gasteiger partial charge in [0.25, 0.3) is 0 Å². The summed E-state index contributed by atoms with van der Waals surface area (Å²) in [7, 11) is -3.10. The van der Waals surface area contributed by atoms with E-state index in [2.05, 4.69) is 27.3 Å². The van der Waals surface area contributed by atoms with Crippen LogP contribution in [0, 0.1) is 0 Å². The van der Waals surface area contributed by atoms with Crippen LogP contribution in [0.5, 0.6) is 0 Å². The van der Waals surface area contributed by atoms with Crippen LogP contribution < -0.4 is 11.1 Å². The number of sulfone groups is 1. The van der Waals surface area contributed by atoms with Crippen LogP contribution in [0.25, 0.3) is 0 Å². The van der Waals surface area contributed by atoms with Crippen molar-refractivity contribution in [1.29, 1.82) is 0 Å². The summed E-state index contributed by atoms with van der Waals surface area (Å²) in [6.07, 6.45) is 3.33. The number of nitrogens with one attached hydrogen (secondary N) is 1. The Bertz CT molecular complexity index is 662. The Morgan fingerprint density at radius 1 is 1.39 bits per heavy atom. The first-order valence-electron chi connectivity index (χ1n) is 7.20. The predicted molar refractivity (Wildman–Crippen MR) is 97.6 cm³/mol. The van der Waals surface area contributed by atoms with Gasteiger partial charge in [0.1, 0.15) is 9.84 Å². The first-order valence-corrected chi connectivity index (χ1v) is 10.0. The normalized spacial score (nSPS) is 17.0. The van der Waals surface area contributed by atoms with Crippen LogP contribution in [-0.2, 0) is 20.0 Å². The minimum Gasteiger partial charge on any atom is -0.354 e. The molecular weight excluding hydrogens is 404 g/mol. The minimum absolute atomic E-state index is 0. The maximum Gasteiger partial charge on any atom is 0.236 e. The second kappa shape index (κ2) is 7.96. The summed E-state index contributed by atoms with van der Waals surface area (Å²) >= 11 is 3.55. The topological polar surface area (TPSA) is 89.3 Å². The molecule has 8 heteroatoms. The number of rotatable bonds is 7. The average molecular weight is 426 g/mol. The summed E-state index contributed by atoms with van der Waals surface area (Å²) in [6, 6.07) is 7.22. The Kier molecular flexibility index (Phi) is 7.07. The van der Waals surface area contributed by atoms with Gasteiger partial charge in [-0.3, -0.25) is 4.79 Å². The fourth-order valence-corrected chi connectivity index (χ4v) is 3.83. The summed E-state index contributed by atoms with van der Waals surface area (Å²) in [6.45, 7) is 0.529. The van der Waals surface area contributed by atoms with E-state index in [0.717, 1.165) is 23.6 Å². The third-order valence-electron chi connectivity index (χ3n) is 4.04. The number of amides is 1. The van der Waals surface area contributed by atoms with E-state index in [1.807, 2.05) is 18.2 Å². The molecule has 1 saturated carbocycles. The molecule has 0 bridgehead atoms. The van der Waals surface area contributed by atoms with Gasteiger partial charge in [0.2, 0.25) is 5.91 Å². The van der Waals surface area contributed by atoms with E-state index in [0.29, 0.717) is 6.54 Å². The lowest BCUT2D eigenvalue weighted by atomic mass is 9.96. The highest BCUT2D eigenvalue weighted by Gasteiger charge is 2.45. The summed E-state index contributed by atoms with van der Waals surface area (Å²) in [4.78, 5) is 12.0. The van der Waals surface area contributed by atoms with Gasteiger partial charge in [0.05, 0.1) is 11.8 Å². The highest BCUT2D eigenvalue weighted by atomic mass is 79.9. The number of carbonyl (C=O) groups excluding carboxylic acids is 1. The molecule has 23 heavy (non-hydrogen) atoms. The number of benzene rings is 1. The fraction of sp³-hybridized carbons (Fsp3) is 0.533. The largest absolute Gasteiger partial charge is 0.354 e. The highest BCUT2D eigenvalue weighted by Crippen LogP contribution is 2.49. The molecule has 3 N–H and O–H groups in total. The molecule has 1 aliphatic rings. The predicted octanol–water partition coefficient (Wildman–Crippen LogP) is 1.78. The van der Waals surface area contributed by atoms with Crippen molar-refractivity contribution in [2.45, 2.75) is 30.7 Å². The van der Waals surface area contributed by atoms with E-state index >= 15 is 0 Å². The fourth-order valence-electron chi connectivity index (χ4n) is 2.44. The van der Waals surface area contributed by atoms with Crippen LogP contribution in [0.2, 0.25) is 0 Å². The van der Waals surface area contributed by atoms with Crippen molar-refractivity contribution in [3.63, 3.8) is 0 Å². The maximum atomic E-state index is 12.0. The summed E-state index contributed by atoms with van der Waals surface area (Å²) in [5.74, 6) is -0.362. The van der Waals surface area contributed by atoms with Gasteiger partial charge in [-0.2, -0.15) is 0 Å². The second-order valence-corrected chi connectivity index (χ2v) is 9.12. The monoisotopic (exact) mass is 424 g/mol. The van der Waals surface area contributed by atoms with Crippen LogP contribution in [0.3, 0.4) is 0 Å². The smallest absolute Gasteiger partial charge is 0.236 e. The molecule has 0 saturated heterocycles. The Labute approximate surface area is 151 Å². The zero-order valence-electron chi connectivity index (χ0n) is 12.9. The molecule has 1 aliphatic carbocycles. The zero-order chi connectivity index (χ0) is 16.4. The van der Waals surface area contributed by atoms with Gasteiger partial charge in [-0.05, 0) is 30.9 Å². The van der Waals surface area contributed by atoms with Crippen LogP contribution in [0.1, 0.15) is 24.8 Å².